The summed E-state index contributed by atoms with van der Waals surface area (Å²) in [4.78, 5) is 18.7. The molecule has 1 amide bonds. The van der Waals surface area contributed by atoms with E-state index in [1.807, 2.05) is 26.1 Å². The van der Waals surface area contributed by atoms with Crippen LogP contribution < -0.4 is 10.2 Å². The molecule has 2 aromatic heterocycles. The minimum atomic E-state index is -0.328. The van der Waals surface area contributed by atoms with Crippen molar-refractivity contribution in [1.82, 2.24) is 14.8 Å². The highest BCUT2D eigenvalue weighted by Crippen LogP contribution is 2.27. The number of carbonyl (C=O) groups is 1. The minimum absolute atomic E-state index is 0.00933. The lowest BCUT2D eigenvalue weighted by Crippen LogP contribution is -2.34. The van der Waals surface area contributed by atoms with Crippen molar-refractivity contribution >= 4 is 28.3 Å². The van der Waals surface area contributed by atoms with Crippen LogP contribution in [-0.2, 0) is 11.8 Å². The normalized spacial score (nSPS) is 17.5. The van der Waals surface area contributed by atoms with Crippen LogP contribution in [0.25, 0.3) is 10.9 Å². The Hall–Kier alpha value is -2.96. The lowest BCUT2D eigenvalue weighted by molar-refractivity contribution is -0.117. The summed E-state index contributed by atoms with van der Waals surface area (Å²) in [6, 6.07) is 7.86. The fourth-order valence-corrected chi connectivity index (χ4v) is 3.33. The zero-order chi connectivity index (χ0) is 17.6. The molecule has 1 N–H and O–H groups in total. The maximum atomic E-state index is 13.4. The van der Waals surface area contributed by atoms with Crippen molar-refractivity contribution in [3.05, 3.63) is 48.0 Å². The molecular formula is C18H18FN5O. The van der Waals surface area contributed by atoms with E-state index in [1.165, 1.54) is 12.1 Å². The monoisotopic (exact) mass is 339 g/mol. The van der Waals surface area contributed by atoms with E-state index in [0.29, 0.717) is 18.5 Å². The van der Waals surface area contributed by atoms with E-state index < -0.39 is 0 Å². The molecule has 6 nitrogen and oxygen atoms in total. The van der Waals surface area contributed by atoms with Crippen LogP contribution >= 0.6 is 0 Å². The quantitative estimate of drug-likeness (QED) is 0.797. The summed E-state index contributed by atoms with van der Waals surface area (Å²) >= 11 is 0. The maximum Gasteiger partial charge on any atom is 0.250 e. The number of aromatic nitrogens is 3. The van der Waals surface area contributed by atoms with Crippen LogP contribution in [0.5, 0.6) is 0 Å². The van der Waals surface area contributed by atoms with Crippen molar-refractivity contribution in [2.75, 3.05) is 16.8 Å². The van der Waals surface area contributed by atoms with Gasteiger partial charge in [0.15, 0.2) is 0 Å². The number of carbonyl (C=O) groups excluding carboxylic acids is 1. The lowest BCUT2D eigenvalue weighted by Gasteiger charge is -2.18. The molecule has 0 radical (unpaired) electrons. The Morgan fingerprint density at radius 3 is 2.88 bits per heavy atom. The first kappa shape index (κ1) is 15.6. The number of pyridine rings is 1. The van der Waals surface area contributed by atoms with E-state index in [1.54, 1.807) is 21.8 Å². The average molecular weight is 339 g/mol. The summed E-state index contributed by atoms with van der Waals surface area (Å²) in [6.45, 7) is 2.54. The van der Waals surface area contributed by atoms with Gasteiger partial charge in [0.05, 0.1) is 11.2 Å². The Bertz CT molecular complexity index is 967. The number of amides is 1. The molecule has 128 valence electrons. The molecule has 0 aliphatic carbocycles. The van der Waals surface area contributed by atoms with E-state index in [-0.39, 0.29) is 17.8 Å². The first-order valence-electron chi connectivity index (χ1n) is 8.16. The third kappa shape index (κ3) is 2.71. The minimum Gasteiger partial charge on any atom is -0.373 e. The van der Waals surface area contributed by atoms with E-state index in [9.17, 15) is 9.18 Å². The Kier molecular flexibility index (Phi) is 3.63. The molecule has 7 heteroatoms. The van der Waals surface area contributed by atoms with Crippen molar-refractivity contribution < 1.29 is 9.18 Å². The molecule has 1 fully saturated rings. The number of fused-ring (bicyclic) bond motifs is 1. The summed E-state index contributed by atoms with van der Waals surface area (Å²) < 4.78 is 15.1. The van der Waals surface area contributed by atoms with E-state index >= 15 is 0 Å². The lowest BCUT2D eigenvalue weighted by atomic mass is 10.1. The van der Waals surface area contributed by atoms with Gasteiger partial charge in [-0.05, 0) is 31.5 Å². The fraction of sp³-hybridized carbons (Fsp3) is 0.278. The van der Waals surface area contributed by atoms with Crippen LogP contribution in [0.15, 0.2) is 36.5 Å². The number of benzene rings is 1. The Balaban J connectivity index is 1.60. The topological polar surface area (TPSA) is 63.1 Å². The second-order valence-electron chi connectivity index (χ2n) is 6.26. The second kappa shape index (κ2) is 5.84. The van der Waals surface area contributed by atoms with Crippen LogP contribution in [-0.4, -0.2) is 33.3 Å². The highest BCUT2D eigenvalue weighted by molar-refractivity contribution is 6.02. The molecule has 1 aliphatic rings. The molecule has 1 saturated heterocycles. The van der Waals surface area contributed by atoms with Gasteiger partial charge in [-0.25, -0.2) is 4.39 Å². The highest BCUT2D eigenvalue weighted by atomic mass is 19.1. The van der Waals surface area contributed by atoms with Gasteiger partial charge in [0.25, 0.3) is 5.91 Å². The number of halogens is 1. The van der Waals surface area contributed by atoms with Crippen molar-refractivity contribution in [3.63, 3.8) is 0 Å². The maximum absolute atomic E-state index is 13.4. The van der Waals surface area contributed by atoms with Gasteiger partial charge in [-0.2, -0.15) is 5.10 Å². The Morgan fingerprint density at radius 2 is 2.12 bits per heavy atom. The first-order chi connectivity index (χ1) is 12.0. The Morgan fingerprint density at radius 1 is 1.28 bits per heavy atom. The van der Waals surface area contributed by atoms with Gasteiger partial charge >= 0.3 is 0 Å². The molecular weight excluding hydrogens is 321 g/mol. The van der Waals surface area contributed by atoms with Gasteiger partial charge in [-0.1, -0.05) is 0 Å². The average Bonchev–Trinajstić information content (AvgIpc) is 3.09. The molecule has 1 unspecified atom stereocenters. The van der Waals surface area contributed by atoms with Gasteiger partial charge < -0.3 is 5.32 Å². The summed E-state index contributed by atoms with van der Waals surface area (Å²) in [5, 5.41) is 8.40. The highest BCUT2D eigenvalue weighted by Gasteiger charge is 2.34. The predicted molar refractivity (Wildman–Crippen MR) is 94.0 cm³/mol. The van der Waals surface area contributed by atoms with Crippen molar-refractivity contribution in [1.29, 1.82) is 0 Å². The van der Waals surface area contributed by atoms with Gasteiger partial charge in [-0.3, -0.25) is 19.4 Å². The van der Waals surface area contributed by atoms with Gasteiger partial charge in [-0.15, -0.1) is 0 Å². The molecule has 1 aromatic carbocycles. The molecule has 0 saturated carbocycles. The standard InChI is InChI=1S/C18H18FN5O/c1-11-9-17(23(2)22-11)24-8-6-15(18(24)25)21-14-5-7-20-16-10-12(19)3-4-13(14)16/h3-5,7,9-10,15H,6,8H2,1-2H3,(H,20,21). The predicted octanol–water partition coefficient (Wildman–Crippen LogP) is 2.63. The number of nitrogens with zero attached hydrogens (tertiary/aromatic N) is 4. The van der Waals surface area contributed by atoms with Crippen molar-refractivity contribution in [3.8, 4) is 0 Å². The summed E-state index contributed by atoms with van der Waals surface area (Å²) in [5.41, 5.74) is 2.23. The van der Waals surface area contributed by atoms with Gasteiger partial charge in [0, 0.05) is 43.0 Å². The number of aryl methyl sites for hydroxylation is 2. The van der Waals surface area contributed by atoms with E-state index in [2.05, 4.69) is 15.4 Å². The molecule has 1 aliphatic heterocycles. The van der Waals surface area contributed by atoms with E-state index in [4.69, 9.17) is 0 Å². The summed E-state index contributed by atoms with van der Waals surface area (Å²) in [5.74, 6) is 0.482. The van der Waals surface area contributed by atoms with Crippen LogP contribution in [0.2, 0.25) is 0 Å². The van der Waals surface area contributed by atoms with Crippen LogP contribution in [0.3, 0.4) is 0 Å². The van der Waals surface area contributed by atoms with Crippen molar-refractivity contribution in [2.24, 2.45) is 7.05 Å². The van der Waals surface area contributed by atoms with Crippen molar-refractivity contribution in [2.45, 2.75) is 19.4 Å². The summed E-state index contributed by atoms with van der Waals surface area (Å²) in [6.07, 6.45) is 2.31. The van der Waals surface area contributed by atoms with Crippen LogP contribution in [0.1, 0.15) is 12.1 Å². The molecule has 3 aromatic rings. The number of nitrogens with one attached hydrogen (secondary N) is 1. The van der Waals surface area contributed by atoms with Gasteiger partial charge in [0.1, 0.15) is 17.7 Å². The number of anilines is 2. The smallest absolute Gasteiger partial charge is 0.250 e. The molecule has 3 heterocycles. The second-order valence-corrected chi connectivity index (χ2v) is 6.26. The summed E-state index contributed by atoms with van der Waals surface area (Å²) in [7, 11) is 1.83. The third-order valence-electron chi connectivity index (χ3n) is 4.49. The van der Waals surface area contributed by atoms with Gasteiger partial charge in [0.2, 0.25) is 0 Å². The first-order valence-corrected chi connectivity index (χ1v) is 8.16. The van der Waals surface area contributed by atoms with Crippen LogP contribution in [0, 0.1) is 12.7 Å². The van der Waals surface area contributed by atoms with E-state index in [0.717, 1.165) is 22.6 Å². The Labute approximate surface area is 144 Å². The fourth-order valence-electron chi connectivity index (χ4n) is 3.33. The largest absolute Gasteiger partial charge is 0.373 e. The molecule has 0 spiro atoms. The molecule has 25 heavy (non-hydrogen) atoms. The number of hydrogen-bond acceptors (Lipinski definition) is 4. The SMILES string of the molecule is Cc1cc(N2CCC(Nc3ccnc4cc(F)ccc34)C2=O)n(C)n1. The molecule has 0 bridgehead atoms. The zero-order valence-electron chi connectivity index (χ0n) is 14.0. The zero-order valence-corrected chi connectivity index (χ0v) is 14.0. The third-order valence-corrected chi connectivity index (χ3v) is 4.49. The number of rotatable bonds is 3. The number of hydrogen-bond donors (Lipinski definition) is 1. The molecule has 4 rings (SSSR count). The molecule has 1 atom stereocenters. The van der Waals surface area contributed by atoms with Crippen LogP contribution in [0.4, 0.5) is 15.9 Å².